The van der Waals surface area contributed by atoms with Crippen LogP contribution in [0.5, 0.6) is 0 Å². The summed E-state index contributed by atoms with van der Waals surface area (Å²) in [7, 11) is 2.62. The molecule has 4 N–H and O–H groups in total. The van der Waals surface area contributed by atoms with Gasteiger partial charge in [-0.2, -0.15) is 0 Å². The van der Waals surface area contributed by atoms with Gasteiger partial charge in [-0.1, -0.05) is 63.7 Å². The van der Waals surface area contributed by atoms with E-state index in [1.807, 2.05) is 35.9 Å². The number of methoxy groups -OCH3 is 2. The second-order valence-corrected chi connectivity index (χ2v) is 17.3. The van der Waals surface area contributed by atoms with Crippen LogP contribution in [0.2, 0.25) is 0 Å². The first-order valence-corrected chi connectivity index (χ1v) is 21.6. The van der Waals surface area contributed by atoms with E-state index in [9.17, 15) is 19.2 Å². The molecule has 328 valence electrons. The van der Waals surface area contributed by atoms with Crippen LogP contribution in [0.15, 0.2) is 60.8 Å². The minimum Gasteiger partial charge on any atom is -0.453 e. The highest BCUT2D eigenvalue weighted by Crippen LogP contribution is 2.50. The Labute approximate surface area is 361 Å². The van der Waals surface area contributed by atoms with Crippen LogP contribution >= 0.6 is 0 Å². The van der Waals surface area contributed by atoms with E-state index < -0.39 is 24.3 Å². The third kappa shape index (κ3) is 7.98. The van der Waals surface area contributed by atoms with Crippen molar-refractivity contribution in [2.24, 2.45) is 17.8 Å². The maximum atomic E-state index is 14.4. The maximum absolute atomic E-state index is 14.4. The largest absolute Gasteiger partial charge is 0.453 e. The third-order valence-electron chi connectivity index (χ3n) is 13.4. The number of benzene rings is 3. The summed E-state index contributed by atoms with van der Waals surface area (Å²) in [4.78, 5) is 73.4. The van der Waals surface area contributed by atoms with Gasteiger partial charge in [0.1, 0.15) is 23.7 Å². The predicted molar refractivity (Wildman–Crippen MR) is 235 cm³/mol. The topological polar surface area (TPSA) is 184 Å². The number of rotatable bonds is 10. The summed E-state index contributed by atoms with van der Waals surface area (Å²) in [5.41, 5.74) is 5.76. The summed E-state index contributed by atoms with van der Waals surface area (Å²) in [6, 6.07) is 17.2. The van der Waals surface area contributed by atoms with Gasteiger partial charge in [0, 0.05) is 31.2 Å². The Balaban J connectivity index is 0.00000529. The average molecular weight is 847 g/mol. The highest BCUT2D eigenvalue weighted by molar-refractivity contribution is 6.05. The number of nitrogens with zero attached hydrogens (tertiary/aromatic N) is 4. The van der Waals surface area contributed by atoms with Gasteiger partial charge in [-0.05, 0) is 96.9 Å². The zero-order valence-electron chi connectivity index (χ0n) is 35.1. The predicted octanol–water partition coefficient (Wildman–Crippen LogP) is 7.66. The van der Waals surface area contributed by atoms with E-state index in [1.54, 1.807) is 0 Å². The lowest BCUT2D eigenvalue weighted by atomic mass is 9.89. The molecule has 0 spiro atoms. The molecule has 1 saturated carbocycles. The van der Waals surface area contributed by atoms with Crippen LogP contribution in [0, 0.1) is 17.8 Å². The van der Waals surface area contributed by atoms with Gasteiger partial charge in [0.25, 0.3) is 0 Å². The molecule has 15 heteroatoms. The summed E-state index contributed by atoms with van der Waals surface area (Å²) in [6.07, 6.45) is 6.56. The summed E-state index contributed by atoms with van der Waals surface area (Å²) < 4.78 is 15.3. The minimum absolute atomic E-state index is 0. The van der Waals surface area contributed by atoms with E-state index in [0.29, 0.717) is 38.5 Å². The number of fused-ring (bicyclic) bond motifs is 5. The van der Waals surface area contributed by atoms with Crippen LogP contribution in [0.1, 0.15) is 90.0 Å². The Morgan fingerprint density at radius 3 is 2.29 bits per heavy atom. The molecule has 0 radical (unpaired) electrons. The molecular weight excluding hydrogens is 789 g/mol. The molecule has 9 rings (SSSR count). The SMILES string of the molecule is C.COC(=O)N[C@H](C(=O)N1CCC[C@H]1c1nc2c(ccc3cc(-c4ccc(-c5cnc([C@@H]6[C@H]7CC[C@H](C7)N6C(=O)[C@@H](NC(=O)OC)C6CCOCC6)[nH]5)cc4)ccc32)[nH]1)C(C)C. The van der Waals surface area contributed by atoms with Crippen LogP contribution in [-0.4, -0.2) is 106 Å². The van der Waals surface area contributed by atoms with E-state index in [2.05, 4.69) is 69.1 Å². The number of imidazole rings is 2. The van der Waals surface area contributed by atoms with Crippen molar-refractivity contribution in [2.45, 2.75) is 96.4 Å². The standard InChI is InChI=1S/C46H54N8O7.CH4/c1-25(2)37(51-45(57)59-3)43(55)53-19-5-6-36(53)41-48-34-16-13-30-22-29(12-15-33(30)39(34)50-41)26-7-9-27(10-8-26)35-24-47-42(49-35)40-31-11-14-32(23-31)54(40)44(56)38(52-46(58)60-4)28-17-20-61-21-18-28;/h7-10,12-13,15-16,22,24-25,28,31-32,36-38,40H,5-6,11,14,17-21,23H2,1-4H3,(H,47,49)(H,48,50)(H,51,57)(H,52,58);1H4/t31-,32+,36-,37-,38-,40-;/m0./s1. The van der Waals surface area contributed by atoms with Gasteiger partial charge in [0.15, 0.2) is 0 Å². The molecule has 62 heavy (non-hydrogen) atoms. The van der Waals surface area contributed by atoms with Gasteiger partial charge in [0.2, 0.25) is 11.8 Å². The van der Waals surface area contributed by atoms with Crippen molar-refractivity contribution in [3.63, 3.8) is 0 Å². The van der Waals surface area contributed by atoms with E-state index in [-0.39, 0.29) is 49.2 Å². The quantitative estimate of drug-likeness (QED) is 0.110. The second kappa shape index (κ2) is 17.8. The number of nitrogens with one attached hydrogen (secondary N) is 4. The van der Waals surface area contributed by atoms with Crippen molar-refractivity contribution in [2.75, 3.05) is 34.0 Å². The normalized spacial score (nSPS) is 22.1. The number of carbonyl (C=O) groups excluding carboxylic acids is 4. The smallest absolute Gasteiger partial charge is 0.407 e. The Morgan fingerprint density at radius 2 is 1.55 bits per heavy atom. The molecule has 2 bridgehead atoms. The highest BCUT2D eigenvalue weighted by Gasteiger charge is 2.52. The molecule has 3 saturated heterocycles. The van der Waals surface area contributed by atoms with Crippen LogP contribution in [0.25, 0.3) is 44.2 Å². The first-order valence-electron chi connectivity index (χ1n) is 21.6. The summed E-state index contributed by atoms with van der Waals surface area (Å²) >= 11 is 0. The number of hydrogen-bond donors (Lipinski definition) is 4. The first-order chi connectivity index (χ1) is 29.6. The van der Waals surface area contributed by atoms with E-state index in [4.69, 9.17) is 24.2 Å². The lowest BCUT2D eigenvalue weighted by Gasteiger charge is -2.39. The second-order valence-electron chi connectivity index (χ2n) is 17.3. The molecular formula is C47H58N8O7. The summed E-state index contributed by atoms with van der Waals surface area (Å²) in [6.45, 7) is 5.54. The Hall–Kier alpha value is -5.96. The van der Waals surface area contributed by atoms with Crippen molar-refractivity contribution in [1.82, 2.24) is 40.4 Å². The number of H-pyrrole nitrogens is 2. The van der Waals surface area contributed by atoms with Crippen molar-refractivity contribution in [1.29, 1.82) is 0 Å². The molecule has 4 aliphatic rings. The molecule has 5 aromatic rings. The zero-order valence-corrected chi connectivity index (χ0v) is 35.1. The lowest BCUT2D eigenvalue weighted by molar-refractivity contribution is -0.140. The zero-order chi connectivity index (χ0) is 42.4. The van der Waals surface area contributed by atoms with Crippen LogP contribution < -0.4 is 10.6 Å². The Kier molecular flexibility index (Phi) is 12.3. The fourth-order valence-electron chi connectivity index (χ4n) is 10.3. The molecule has 6 atom stereocenters. The van der Waals surface area contributed by atoms with Gasteiger partial charge in [-0.15, -0.1) is 0 Å². The fraction of sp³-hybridized carbons (Fsp3) is 0.489. The van der Waals surface area contributed by atoms with Gasteiger partial charge in [-0.3, -0.25) is 9.59 Å². The molecule has 3 aromatic carbocycles. The molecule has 0 unspecified atom stereocenters. The van der Waals surface area contributed by atoms with Crippen LogP contribution in [0.3, 0.4) is 0 Å². The van der Waals surface area contributed by atoms with E-state index in [0.717, 1.165) is 87.9 Å². The van der Waals surface area contributed by atoms with Crippen LogP contribution in [-0.2, 0) is 23.8 Å². The van der Waals surface area contributed by atoms with Gasteiger partial charge >= 0.3 is 12.2 Å². The van der Waals surface area contributed by atoms with Crippen LogP contribution in [0.4, 0.5) is 9.59 Å². The summed E-state index contributed by atoms with van der Waals surface area (Å²) in [5, 5.41) is 7.66. The van der Waals surface area contributed by atoms with Gasteiger partial charge in [0.05, 0.1) is 49.2 Å². The number of likely N-dealkylation sites (tertiary alicyclic amines) is 2. The average Bonchev–Trinajstić information content (AvgIpc) is 4.15. The van der Waals surface area contributed by atoms with E-state index in [1.165, 1.54) is 14.2 Å². The number of ether oxygens (including phenoxy) is 3. The van der Waals surface area contributed by atoms with Gasteiger partial charge in [-0.25, -0.2) is 19.6 Å². The van der Waals surface area contributed by atoms with E-state index >= 15 is 0 Å². The molecule has 1 aliphatic carbocycles. The monoisotopic (exact) mass is 846 g/mol. The molecule has 15 nitrogen and oxygen atoms in total. The minimum atomic E-state index is -0.697. The Bertz CT molecular complexity index is 2440. The molecule has 4 fully saturated rings. The van der Waals surface area contributed by atoms with Gasteiger partial charge < -0.3 is 44.6 Å². The number of hydrogen-bond acceptors (Lipinski definition) is 9. The van der Waals surface area contributed by atoms with Crippen molar-refractivity contribution in [3.8, 4) is 22.4 Å². The van der Waals surface area contributed by atoms with Crippen molar-refractivity contribution >= 4 is 45.8 Å². The fourth-order valence-corrected chi connectivity index (χ4v) is 10.3. The summed E-state index contributed by atoms with van der Waals surface area (Å²) in [5.74, 6) is 1.46. The third-order valence-corrected chi connectivity index (χ3v) is 13.4. The highest BCUT2D eigenvalue weighted by atomic mass is 16.5. The number of alkyl carbamates (subject to hydrolysis) is 2. The number of aromatic amines is 2. The molecule has 4 amide bonds. The number of aromatic nitrogens is 4. The first kappa shape index (κ1) is 42.7. The number of carbonyl (C=O) groups is 4. The molecule has 2 aromatic heterocycles. The maximum Gasteiger partial charge on any atom is 0.407 e. The van der Waals surface area contributed by atoms with Crippen molar-refractivity contribution in [3.05, 3.63) is 72.4 Å². The Morgan fingerprint density at radius 1 is 0.823 bits per heavy atom. The van der Waals surface area contributed by atoms with Crippen molar-refractivity contribution < 1.29 is 33.4 Å². The lowest BCUT2D eigenvalue weighted by Crippen LogP contribution is -2.55. The molecule has 5 heterocycles. The number of piperidine rings is 1. The number of amides is 4. The molecule has 3 aliphatic heterocycles.